The molecule has 4 heteroatoms. The van der Waals surface area contributed by atoms with Gasteiger partial charge in [0, 0.05) is 16.7 Å². The number of rotatable bonds is 5. The maximum Gasteiger partial charge on any atom is 0.310 e. The Morgan fingerprint density at radius 2 is 2.12 bits per heavy atom. The van der Waals surface area contributed by atoms with Gasteiger partial charge in [0.15, 0.2) is 0 Å². The standard InChI is InChI=1S/C13H18BrNO2/c1-4-9-7-10(14)5-6-11(9)15-8-13(2,3)12(16)17/h5-7,15H,4,8H2,1-3H3,(H,16,17). The Morgan fingerprint density at radius 3 is 2.65 bits per heavy atom. The SMILES string of the molecule is CCc1cc(Br)ccc1NCC(C)(C)C(=O)O. The highest BCUT2D eigenvalue weighted by molar-refractivity contribution is 9.10. The molecular formula is C13H18BrNO2. The van der Waals surface area contributed by atoms with Gasteiger partial charge in [-0.3, -0.25) is 4.79 Å². The Balaban J connectivity index is 2.79. The number of nitrogens with one attached hydrogen (secondary N) is 1. The van der Waals surface area contributed by atoms with Gasteiger partial charge < -0.3 is 10.4 Å². The van der Waals surface area contributed by atoms with Gasteiger partial charge in [-0.05, 0) is 44.0 Å². The number of hydrogen-bond donors (Lipinski definition) is 2. The number of carbonyl (C=O) groups is 1. The van der Waals surface area contributed by atoms with Crippen LogP contribution >= 0.6 is 15.9 Å². The molecule has 3 nitrogen and oxygen atoms in total. The fourth-order valence-electron chi connectivity index (χ4n) is 1.42. The molecule has 1 aromatic carbocycles. The zero-order chi connectivity index (χ0) is 13.1. The van der Waals surface area contributed by atoms with Crippen molar-refractivity contribution in [3.63, 3.8) is 0 Å². The quantitative estimate of drug-likeness (QED) is 0.874. The predicted molar refractivity (Wildman–Crippen MR) is 73.4 cm³/mol. The molecule has 0 unspecified atom stereocenters. The van der Waals surface area contributed by atoms with Gasteiger partial charge in [0.2, 0.25) is 0 Å². The molecule has 0 heterocycles. The number of halogens is 1. The number of aliphatic carboxylic acids is 1. The Kier molecular flexibility index (Phi) is 4.57. The monoisotopic (exact) mass is 299 g/mol. The zero-order valence-corrected chi connectivity index (χ0v) is 12.0. The molecule has 0 spiro atoms. The van der Waals surface area contributed by atoms with Crippen LogP contribution in [-0.2, 0) is 11.2 Å². The summed E-state index contributed by atoms with van der Waals surface area (Å²) in [5.74, 6) is -0.792. The van der Waals surface area contributed by atoms with E-state index < -0.39 is 11.4 Å². The molecule has 2 N–H and O–H groups in total. The van der Waals surface area contributed by atoms with E-state index in [1.165, 1.54) is 5.56 Å². The summed E-state index contributed by atoms with van der Waals surface area (Å²) in [6.07, 6.45) is 0.912. The molecule has 0 amide bonds. The van der Waals surface area contributed by atoms with Gasteiger partial charge in [-0.1, -0.05) is 22.9 Å². The third-order valence-corrected chi connectivity index (χ3v) is 3.24. The van der Waals surface area contributed by atoms with Crippen molar-refractivity contribution in [3.05, 3.63) is 28.2 Å². The Hall–Kier alpha value is -1.03. The van der Waals surface area contributed by atoms with Crippen molar-refractivity contribution in [1.29, 1.82) is 0 Å². The van der Waals surface area contributed by atoms with Crippen molar-refractivity contribution < 1.29 is 9.90 Å². The van der Waals surface area contributed by atoms with Crippen LogP contribution in [0.1, 0.15) is 26.3 Å². The molecule has 0 aliphatic heterocycles. The van der Waals surface area contributed by atoms with E-state index in [9.17, 15) is 4.79 Å². The predicted octanol–water partition coefficient (Wildman–Crippen LogP) is 3.53. The molecule has 94 valence electrons. The lowest BCUT2D eigenvalue weighted by Gasteiger charge is -2.21. The molecule has 0 aliphatic carbocycles. The first-order valence-corrected chi connectivity index (χ1v) is 6.42. The van der Waals surface area contributed by atoms with Crippen LogP contribution in [0.25, 0.3) is 0 Å². The number of anilines is 1. The summed E-state index contributed by atoms with van der Waals surface area (Å²) in [6, 6.07) is 5.98. The third kappa shape index (κ3) is 3.73. The van der Waals surface area contributed by atoms with E-state index in [1.54, 1.807) is 13.8 Å². The molecule has 0 saturated heterocycles. The van der Waals surface area contributed by atoms with Crippen molar-refractivity contribution in [2.24, 2.45) is 5.41 Å². The molecule has 0 aromatic heterocycles. The summed E-state index contributed by atoms with van der Waals surface area (Å²) < 4.78 is 1.04. The van der Waals surface area contributed by atoms with Crippen LogP contribution in [0.2, 0.25) is 0 Å². The first-order chi connectivity index (χ1) is 7.86. The van der Waals surface area contributed by atoms with Crippen LogP contribution in [0.5, 0.6) is 0 Å². The van der Waals surface area contributed by atoms with Crippen molar-refractivity contribution in [2.75, 3.05) is 11.9 Å². The summed E-state index contributed by atoms with van der Waals surface area (Å²) in [7, 11) is 0. The van der Waals surface area contributed by atoms with Gasteiger partial charge >= 0.3 is 5.97 Å². The van der Waals surface area contributed by atoms with Crippen LogP contribution in [0.15, 0.2) is 22.7 Å². The Labute approximate surface area is 110 Å². The lowest BCUT2D eigenvalue weighted by Crippen LogP contribution is -2.32. The topological polar surface area (TPSA) is 49.3 Å². The highest BCUT2D eigenvalue weighted by atomic mass is 79.9. The maximum absolute atomic E-state index is 11.0. The van der Waals surface area contributed by atoms with Gasteiger partial charge in [0.1, 0.15) is 0 Å². The highest BCUT2D eigenvalue weighted by Gasteiger charge is 2.26. The van der Waals surface area contributed by atoms with Crippen molar-refractivity contribution in [2.45, 2.75) is 27.2 Å². The third-order valence-electron chi connectivity index (χ3n) is 2.75. The minimum absolute atomic E-state index is 0.414. The molecule has 0 atom stereocenters. The fourth-order valence-corrected chi connectivity index (χ4v) is 1.83. The van der Waals surface area contributed by atoms with Gasteiger partial charge in [0.25, 0.3) is 0 Å². The summed E-state index contributed by atoms with van der Waals surface area (Å²) in [5.41, 5.74) is 1.42. The van der Waals surface area contributed by atoms with E-state index in [4.69, 9.17) is 5.11 Å². The van der Waals surface area contributed by atoms with Gasteiger partial charge in [-0.15, -0.1) is 0 Å². The second-order valence-electron chi connectivity index (χ2n) is 4.70. The van der Waals surface area contributed by atoms with E-state index in [1.807, 2.05) is 12.1 Å². The molecule has 17 heavy (non-hydrogen) atoms. The molecule has 0 saturated carbocycles. The van der Waals surface area contributed by atoms with Gasteiger partial charge in [-0.2, -0.15) is 0 Å². The first-order valence-electron chi connectivity index (χ1n) is 5.62. The summed E-state index contributed by atoms with van der Waals surface area (Å²) in [4.78, 5) is 11.0. The fraction of sp³-hybridized carbons (Fsp3) is 0.462. The zero-order valence-electron chi connectivity index (χ0n) is 10.4. The maximum atomic E-state index is 11.0. The lowest BCUT2D eigenvalue weighted by molar-refractivity contribution is -0.146. The lowest BCUT2D eigenvalue weighted by atomic mass is 9.93. The highest BCUT2D eigenvalue weighted by Crippen LogP contribution is 2.23. The number of hydrogen-bond acceptors (Lipinski definition) is 2. The first kappa shape index (κ1) is 14.0. The van der Waals surface area contributed by atoms with E-state index in [0.29, 0.717) is 6.54 Å². The normalized spacial score (nSPS) is 11.3. The molecule has 0 fully saturated rings. The number of aryl methyl sites for hydroxylation is 1. The van der Waals surface area contributed by atoms with Crippen molar-refractivity contribution in [3.8, 4) is 0 Å². The van der Waals surface area contributed by atoms with Gasteiger partial charge in [-0.25, -0.2) is 0 Å². The van der Waals surface area contributed by atoms with E-state index in [2.05, 4.69) is 34.2 Å². The molecule has 1 aromatic rings. The van der Waals surface area contributed by atoms with E-state index in [-0.39, 0.29) is 0 Å². The van der Waals surface area contributed by atoms with Gasteiger partial charge in [0.05, 0.1) is 5.41 Å². The van der Waals surface area contributed by atoms with Crippen LogP contribution in [0.3, 0.4) is 0 Å². The summed E-state index contributed by atoms with van der Waals surface area (Å²) in [5, 5.41) is 12.3. The van der Waals surface area contributed by atoms with Crippen molar-refractivity contribution >= 4 is 27.6 Å². The Morgan fingerprint density at radius 1 is 1.47 bits per heavy atom. The smallest absolute Gasteiger partial charge is 0.310 e. The minimum Gasteiger partial charge on any atom is -0.481 e. The van der Waals surface area contributed by atoms with Crippen molar-refractivity contribution in [1.82, 2.24) is 0 Å². The summed E-state index contributed by atoms with van der Waals surface area (Å²) >= 11 is 3.43. The second kappa shape index (κ2) is 5.54. The van der Waals surface area contributed by atoms with Crippen LogP contribution in [-0.4, -0.2) is 17.6 Å². The average Bonchev–Trinajstić information content (AvgIpc) is 2.27. The minimum atomic E-state index is -0.792. The number of carboxylic acids is 1. The second-order valence-corrected chi connectivity index (χ2v) is 5.61. The van der Waals surface area contributed by atoms with Crippen LogP contribution in [0.4, 0.5) is 5.69 Å². The van der Waals surface area contributed by atoms with E-state index in [0.717, 1.165) is 16.6 Å². The Bertz CT molecular complexity index is 416. The largest absolute Gasteiger partial charge is 0.481 e. The molecule has 1 rings (SSSR count). The number of carboxylic acid groups (broad SMARTS) is 1. The van der Waals surface area contributed by atoms with Crippen LogP contribution < -0.4 is 5.32 Å². The molecular weight excluding hydrogens is 282 g/mol. The molecule has 0 bridgehead atoms. The summed E-state index contributed by atoms with van der Waals surface area (Å²) in [6.45, 7) is 5.92. The average molecular weight is 300 g/mol. The van der Waals surface area contributed by atoms with E-state index >= 15 is 0 Å². The molecule has 0 aliphatic rings. The van der Waals surface area contributed by atoms with Crippen LogP contribution in [0, 0.1) is 5.41 Å². The molecule has 0 radical (unpaired) electrons. The number of benzene rings is 1.